The van der Waals surface area contributed by atoms with E-state index >= 15 is 0 Å². The Morgan fingerprint density at radius 2 is 0.476 bits per heavy atom. The SMILES string of the molecule is CC/C=C\C/C=C\C/C=C\C/C=C\C/C=C\C/C=C\CCCCCCCCCCCCCCCCC(=O)OCC(COC(=O)CCCC/C=C\C/C=C\C/C=C\C/C=C\CC)OC(=O)CCCCCCC/C=C\C/C=C\CCCCCC. The van der Waals surface area contributed by atoms with Crippen LogP contribution in [0.3, 0.4) is 0 Å². The Hall–Kier alpha value is -4.71. The normalized spacial score (nSPS) is 13.1. The number of ether oxygens (including phenoxy) is 3. The molecule has 0 aliphatic carbocycles. The topological polar surface area (TPSA) is 78.9 Å². The van der Waals surface area contributed by atoms with Gasteiger partial charge in [-0.25, -0.2) is 0 Å². The standard InChI is InChI=1S/C76H124O6/c1-4-7-10-13-16-19-22-25-28-30-31-32-33-34-35-36-37-38-39-40-41-42-43-44-45-46-49-51-54-57-60-63-66-69-75(78)81-72-73(71-80-74(77)68-65-62-59-56-53-50-47-27-24-21-18-15-12-9-6-3)82-76(79)70-67-64-61-58-55-52-48-29-26-23-20-17-14-11-8-5-2/h7,9-10,12,16,18-21,23,25,27-29,31-32,34-35,37-38,47-48,53,56,73H,4-6,8,11,13-15,17,22,24,26,30,33,36,39-46,49-52,54-55,57-72H2,1-3H3/b10-7-,12-9-,19-16-,21-18-,23-20-,28-25-,32-31-,35-34-,38-37-,47-27-,48-29-,56-53-. The van der Waals surface area contributed by atoms with E-state index in [1.54, 1.807) is 0 Å². The van der Waals surface area contributed by atoms with Crippen molar-refractivity contribution < 1.29 is 28.6 Å². The first kappa shape index (κ1) is 77.3. The van der Waals surface area contributed by atoms with Gasteiger partial charge in [-0.3, -0.25) is 14.4 Å². The van der Waals surface area contributed by atoms with Gasteiger partial charge in [0, 0.05) is 19.3 Å². The molecule has 0 spiro atoms. The molecule has 0 rings (SSSR count). The van der Waals surface area contributed by atoms with E-state index in [1.807, 2.05) is 0 Å². The summed E-state index contributed by atoms with van der Waals surface area (Å²) in [6.07, 6.45) is 98.7. The maximum Gasteiger partial charge on any atom is 0.306 e. The van der Waals surface area contributed by atoms with Gasteiger partial charge in [-0.05, 0) is 141 Å². The van der Waals surface area contributed by atoms with Crippen LogP contribution in [0.5, 0.6) is 0 Å². The molecule has 6 heteroatoms. The van der Waals surface area contributed by atoms with Gasteiger partial charge >= 0.3 is 17.9 Å². The van der Waals surface area contributed by atoms with Crippen molar-refractivity contribution >= 4 is 17.9 Å². The lowest BCUT2D eigenvalue weighted by Crippen LogP contribution is -2.30. The zero-order valence-corrected chi connectivity index (χ0v) is 53.2. The van der Waals surface area contributed by atoms with Crippen molar-refractivity contribution in [2.45, 2.75) is 303 Å². The molecule has 0 N–H and O–H groups in total. The number of rotatable bonds is 60. The van der Waals surface area contributed by atoms with Crippen LogP contribution in [0.1, 0.15) is 297 Å². The van der Waals surface area contributed by atoms with Crippen LogP contribution in [0.25, 0.3) is 0 Å². The lowest BCUT2D eigenvalue weighted by Gasteiger charge is -2.18. The van der Waals surface area contributed by atoms with Crippen LogP contribution < -0.4 is 0 Å². The minimum Gasteiger partial charge on any atom is -0.462 e. The molecule has 0 fully saturated rings. The van der Waals surface area contributed by atoms with E-state index in [-0.39, 0.29) is 31.1 Å². The third-order valence-electron chi connectivity index (χ3n) is 14.1. The third-order valence-corrected chi connectivity index (χ3v) is 14.1. The summed E-state index contributed by atoms with van der Waals surface area (Å²) >= 11 is 0. The summed E-state index contributed by atoms with van der Waals surface area (Å²) in [6.45, 7) is 6.36. The summed E-state index contributed by atoms with van der Waals surface area (Å²) in [7, 11) is 0. The second-order valence-electron chi connectivity index (χ2n) is 22.0. The third kappa shape index (κ3) is 66.1. The summed E-state index contributed by atoms with van der Waals surface area (Å²) in [6, 6.07) is 0. The zero-order chi connectivity index (χ0) is 59.2. The molecular formula is C76H124O6. The van der Waals surface area contributed by atoms with Crippen LogP contribution in [-0.4, -0.2) is 37.2 Å². The van der Waals surface area contributed by atoms with Gasteiger partial charge in [-0.1, -0.05) is 282 Å². The van der Waals surface area contributed by atoms with Gasteiger partial charge < -0.3 is 14.2 Å². The molecule has 6 nitrogen and oxygen atoms in total. The second kappa shape index (κ2) is 68.8. The maximum absolute atomic E-state index is 12.9. The van der Waals surface area contributed by atoms with E-state index in [0.717, 1.165) is 148 Å². The average Bonchev–Trinajstić information content (AvgIpc) is 3.47. The summed E-state index contributed by atoms with van der Waals surface area (Å²) in [5, 5.41) is 0. The monoisotopic (exact) mass is 1130 g/mol. The van der Waals surface area contributed by atoms with Crippen LogP contribution >= 0.6 is 0 Å². The van der Waals surface area contributed by atoms with Crippen LogP contribution in [0, 0.1) is 0 Å². The highest BCUT2D eigenvalue weighted by molar-refractivity contribution is 5.71. The number of hydrogen-bond acceptors (Lipinski definition) is 6. The number of allylic oxidation sites excluding steroid dienone is 24. The molecule has 0 saturated carbocycles. The Morgan fingerprint density at radius 1 is 0.256 bits per heavy atom. The van der Waals surface area contributed by atoms with Crippen molar-refractivity contribution in [1.29, 1.82) is 0 Å². The molecule has 0 bridgehead atoms. The number of esters is 3. The molecule has 0 aliphatic heterocycles. The molecule has 1 atom stereocenters. The number of carbonyl (C=O) groups is 3. The molecule has 0 saturated heterocycles. The van der Waals surface area contributed by atoms with Gasteiger partial charge in [-0.15, -0.1) is 0 Å². The van der Waals surface area contributed by atoms with Gasteiger partial charge in [0.15, 0.2) is 6.10 Å². The average molecular weight is 1130 g/mol. The van der Waals surface area contributed by atoms with Gasteiger partial charge in [0.05, 0.1) is 0 Å². The summed E-state index contributed by atoms with van der Waals surface area (Å²) < 4.78 is 16.9. The lowest BCUT2D eigenvalue weighted by molar-refractivity contribution is -0.167. The van der Waals surface area contributed by atoms with Crippen molar-refractivity contribution in [2.24, 2.45) is 0 Å². The highest BCUT2D eigenvalue weighted by Crippen LogP contribution is 2.16. The highest BCUT2D eigenvalue weighted by atomic mass is 16.6. The van der Waals surface area contributed by atoms with Gasteiger partial charge in [0.1, 0.15) is 13.2 Å². The predicted molar refractivity (Wildman–Crippen MR) is 357 cm³/mol. The zero-order valence-electron chi connectivity index (χ0n) is 53.2. The largest absolute Gasteiger partial charge is 0.462 e. The van der Waals surface area contributed by atoms with Crippen molar-refractivity contribution in [2.75, 3.05) is 13.2 Å². The highest BCUT2D eigenvalue weighted by Gasteiger charge is 2.19. The maximum atomic E-state index is 12.9. The molecule has 0 amide bonds. The summed E-state index contributed by atoms with van der Waals surface area (Å²) in [5.74, 6) is -0.955. The van der Waals surface area contributed by atoms with Crippen LogP contribution in [-0.2, 0) is 28.6 Å². The minimum atomic E-state index is -0.808. The molecule has 82 heavy (non-hydrogen) atoms. The quantitative estimate of drug-likeness (QED) is 0.0261. The van der Waals surface area contributed by atoms with Gasteiger partial charge in [0.2, 0.25) is 0 Å². The van der Waals surface area contributed by atoms with E-state index in [2.05, 4.69) is 167 Å². The molecule has 1 unspecified atom stereocenters. The molecule has 0 radical (unpaired) electrons. The first-order valence-corrected chi connectivity index (χ1v) is 33.8. The Kier molecular flexibility index (Phi) is 64.8. The number of hydrogen-bond donors (Lipinski definition) is 0. The summed E-state index contributed by atoms with van der Waals surface area (Å²) in [4.78, 5) is 38.3. The van der Waals surface area contributed by atoms with Crippen molar-refractivity contribution in [1.82, 2.24) is 0 Å². The smallest absolute Gasteiger partial charge is 0.306 e. The lowest BCUT2D eigenvalue weighted by atomic mass is 10.0. The first-order valence-electron chi connectivity index (χ1n) is 33.8. The van der Waals surface area contributed by atoms with Gasteiger partial charge in [-0.2, -0.15) is 0 Å². The molecule has 464 valence electrons. The van der Waals surface area contributed by atoms with Crippen molar-refractivity contribution in [3.8, 4) is 0 Å². The number of unbranched alkanes of at least 4 members (excludes halogenated alkanes) is 25. The molecule has 0 aromatic rings. The molecule has 0 aromatic heterocycles. The van der Waals surface area contributed by atoms with E-state index in [9.17, 15) is 14.4 Å². The number of carbonyl (C=O) groups excluding carboxylic acids is 3. The predicted octanol–water partition coefficient (Wildman–Crippen LogP) is 23.5. The fraction of sp³-hybridized carbons (Fsp3) is 0.645. The fourth-order valence-electron chi connectivity index (χ4n) is 9.06. The molecule has 0 heterocycles. The van der Waals surface area contributed by atoms with Crippen LogP contribution in [0.15, 0.2) is 146 Å². The van der Waals surface area contributed by atoms with E-state index in [0.29, 0.717) is 19.3 Å². The first-order chi connectivity index (χ1) is 40.5. The van der Waals surface area contributed by atoms with Crippen molar-refractivity contribution in [3.05, 3.63) is 146 Å². The van der Waals surface area contributed by atoms with Crippen LogP contribution in [0.2, 0.25) is 0 Å². The fourth-order valence-corrected chi connectivity index (χ4v) is 9.06. The van der Waals surface area contributed by atoms with Crippen molar-refractivity contribution in [3.63, 3.8) is 0 Å². The Balaban J connectivity index is 4.28. The summed E-state index contributed by atoms with van der Waals surface area (Å²) in [5.41, 5.74) is 0. The van der Waals surface area contributed by atoms with E-state index < -0.39 is 6.10 Å². The molecular weight excluding hydrogens is 1010 g/mol. The van der Waals surface area contributed by atoms with E-state index in [1.165, 1.54) is 109 Å². The second-order valence-corrected chi connectivity index (χ2v) is 22.0. The Bertz CT molecular complexity index is 1780. The van der Waals surface area contributed by atoms with Gasteiger partial charge in [0.25, 0.3) is 0 Å². The Labute approximate surface area is 506 Å². The Morgan fingerprint density at radius 3 is 0.768 bits per heavy atom. The van der Waals surface area contributed by atoms with E-state index in [4.69, 9.17) is 14.2 Å². The molecule has 0 aliphatic rings. The molecule has 0 aromatic carbocycles. The minimum absolute atomic E-state index is 0.100. The van der Waals surface area contributed by atoms with Crippen LogP contribution in [0.4, 0.5) is 0 Å².